The Labute approximate surface area is 200 Å². The molecule has 7 nitrogen and oxygen atoms in total. The van der Waals surface area contributed by atoms with Gasteiger partial charge in [0.25, 0.3) is 11.8 Å². The largest absolute Gasteiger partial charge is 0.455 e. The van der Waals surface area contributed by atoms with Crippen LogP contribution in [0.2, 0.25) is 0 Å². The number of nitrogens with zero attached hydrogens (tertiary/aromatic N) is 3. The maximum Gasteiger partial charge on any atom is 0.416 e. The van der Waals surface area contributed by atoms with Crippen LogP contribution in [0.4, 0.5) is 18.9 Å². The van der Waals surface area contributed by atoms with E-state index >= 15 is 0 Å². The smallest absolute Gasteiger partial charge is 0.416 e. The van der Waals surface area contributed by atoms with Gasteiger partial charge < -0.3 is 14.5 Å². The number of anilines is 1. The van der Waals surface area contributed by atoms with Crippen LogP contribution in [0.1, 0.15) is 35.2 Å². The molecule has 2 aromatic carbocycles. The standard InChI is InChI=1S/C25H24F3N3O4/c26-25(27,28)20-9-7-18(8-10-20)23(33)30-15-11-19(12-16-30)24(34)35-17-22(32)31(14-4-13-29)21-5-2-1-3-6-21/h1-3,5-10,19H,4,11-12,14-17H2. The van der Waals surface area contributed by atoms with Crippen LogP contribution in [-0.2, 0) is 20.5 Å². The third-order valence-electron chi connectivity index (χ3n) is 5.73. The Balaban J connectivity index is 1.50. The van der Waals surface area contributed by atoms with Crippen LogP contribution in [-0.4, -0.2) is 48.9 Å². The summed E-state index contributed by atoms with van der Waals surface area (Å²) in [7, 11) is 0. The second-order valence-corrected chi connectivity index (χ2v) is 8.04. The maximum absolute atomic E-state index is 12.7. The van der Waals surface area contributed by atoms with Crippen LogP contribution in [0, 0.1) is 17.2 Å². The van der Waals surface area contributed by atoms with Gasteiger partial charge in [-0.3, -0.25) is 14.4 Å². The quantitative estimate of drug-likeness (QED) is 0.550. The van der Waals surface area contributed by atoms with Crippen LogP contribution in [0.25, 0.3) is 0 Å². The van der Waals surface area contributed by atoms with Crippen LogP contribution in [0.15, 0.2) is 54.6 Å². The van der Waals surface area contributed by atoms with E-state index in [0.29, 0.717) is 18.5 Å². The summed E-state index contributed by atoms with van der Waals surface area (Å²) in [5.74, 6) is -1.90. The van der Waals surface area contributed by atoms with Gasteiger partial charge in [-0.1, -0.05) is 18.2 Å². The van der Waals surface area contributed by atoms with Crippen LogP contribution >= 0.6 is 0 Å². The van der Waals surface area contributed by atoms with Gasteiger partial charge in [-0.25, -0.2) is 0 Å². The van der Waals surface area contributed by atoms with Crippen molar-refractivity contribution in [3.63, 3.8) is 0 Å². The molecule has 1 aliphatic heterocycles. The number of hydrogen-bond acceptors (Lipinski definition) is 5. The van der Waals surface area contributed by atoms with Crippen molar-refractivity contribution in [2.45, 2.75) is 25.4 Å². The lowest BCUT2D eigenvalue weighted by atomic mass is 9.96. The first-order valence-electron chi connectivity index (χ1n) is 11.1. The van der Waals surface area contributed by atoms with Crippen molar-refractivity contribution in [1.82, 2.24) is 4.90 Å². The Morgan fingerprint density at radius 2 is 1.66 bits per heavy atom. The van der Waals surface area contributed by atoms with E-state index in [4.69, 9.17) is 10.00 Å². The Morgan fingerprint density at radius 1 is 1.03 bits per heavy atom. The molecule has 1 aliphatic rings. The number of amides is 2. The number of halogens is 3. The van der Waals surface area contributed by atoms with E-state index in [-0.39, 0.29) is 31.6 Å². The lowest BCUT2D eigenvalue weighted by molar-refractivity contribution is -0.153. The summed E-state index contributed by atoms with van der Waals surface area (Å²) in [5.41, 5.74) is -0.0922. The number of para-hydroxylation sites is 1. The molecule has 0 bridgehead atoms. The Hall–Kier alpha value is -3.87. The fourth-order valence-corrected chi connectivity index (χ4v) is 3.80. The molecule has 0 aromatic heterocycles. The normalized spacial score (nSPS) is 14.2. The van der Waals surface area contributed by atoms with Crippen molar-refractivity contribution in [3.8, 4) is 6.07 Å². The molecule has 184 valence electrons. The van der Waals surface area contributed by atoms with Gasteiger partial charge in [-0.2, -0.15) is 18.4 Å². The van der Waals surface area contributed by atoms with E-state index < -0.39 is 42.0 Å². The highest BCUT2D eigenvalue weighted by molar-refractivity contribution is 5.95. The number of carbonyl (C=O) groups excluding carboxylic acids is 3. The molecular weight excluding hydrogens is 463 g/mol. The van der Waals surface area contributed by atoms with E-state index in [2.05, 4.69) is 0 Å². The van der Waals surface area contributed by atoms with Gasteiger partial charge in [0.2, 0.25) is 0 Å². The molecule has 0 unspecified atom stereocenters. The summed E-state index contributed by atoms with van der Waals surface area (Å²) >= 11 is 0. The summed E-state index contributed by atoms with van der Waals surface area (Å²) in [4.78, 5) is 40.6. The van der Waals surface area contributed by atoms with Gasteiger partial charge in [-0.15, -0.1) is 0 Å². The Kier molecular flexibility index (Phi) is 8.47. The monoisotopic (exact) mass is 487 g/mol. The molecule has 0 aliphatic carbocycles. The molecule has 0 atom stereocenters. The molecular formula is C25H24F3N3O4. The molecule has 10 heteroatoms. The Morgan fingerprint density at radius 3 is 2.23 bits per heavy atom. The minimum atomic E-state index is -4.48. The molecule has 2 aromatic rings. The molecule has 0 spiro atoms. The number of hydrogen-bond donors (Lipinski definition) is 0. The summed E-state index contributed by atoms with van der Waals surface area (Å²) in [5, 5.41) is 8.86. The van der Waals surface area contributed by atoms with E-state index in [0.717, 1.165) is 24.3 Å². The van der Waals surface area contributed by atoms with Crippen LogP contribution in [0.3, 0.4) is 0 Å². The number of nitriles is 1. The van der Waals surface area contributed by atoms with Crippen molar-refractivity contribution in [2.24, 2.45) is 5.92 Å². The number of likely N-dealkylation sites (tertiary alicyclic amines) is 1. The van der Waals surface area contributed by atoms with Gasteiger partial charge in [0.05, 0.1) is 24.0 Å². The molecule has 0 saturated carbocycles. The average molecular weight is 487 g/mol. The molecule has 3 rings (SSSR count). The third kappa shape index (κ3) is 6.82. The second-order valence-electron chi connectivity index (χ2n) is 8.04. The van der Waals surface area contributed by atoms with Crippen molar-refractivity contribution >= 4 is 23.5 Å². The maximum atomic E-state index is 12.7. The summed E-state index contributed by atoms with van der Waals surface area (Å²) in [6.45, 7) is 0.183. The molecule has 0 N–H and O–H groups in total. The molecule has 1 saturated heterocycles. The number of carbonyl (C=O) groups is 3. The molecule has 1 fully saturated rings. The Bertz CT molecular complexity index is 1070. The van der Waals surface area contributed by atoms with Crippen molar-refractivity contribution in [1.29, 1.82) is 5.26 Å². The fraction of sp³-hybridized carbons (Fsp3) is 0.360. The average Bonchev–Trinajstić information content (AvgIpc) is 2.87. The van der Waals surface area contributed by atoms with Gasteiger partial charge >= 0.3 is 12.1 Å². The predicted molar refractivity (Wildman–Crippen MR) is 120 cm³/mol. The SMILES string of the molecule is N#CCCN(C(=O)COC(=O)C1CCN(C(=O)c2ccc(C(F)(F)F)cc2)CC1)c1ccccc1. The van der Waals surface area contributed by atoms with Crippen LogP contribution < -0.4 is 4.90 Å². The first-order chi connectivity index (χ1) is 16.7. The number of ether oxygens (including phenoxy) is 1. The zero-order valence-corrected chi connectivity index (χ0v) is 18.8. The van der Waals surface area contributed by atoms with Crippen molar-refractivity contribution in [3.05, 3.63) is 65.7 Å². The molecule has 2 amide bonds. The fourth-order valence-electron chi connectivity index (χ4n) is 3.80. The second kappa shape index (κ2) is 11.5. The summed E-state index contributed by atoms with van der Waals surface area (Å²) in [6, 6.07) is 14.8. The molecule has 35 heavy (non-hydrogen) atoms. The first kappa shape index (κ1) is 25.7. The van der Waals surface area contributed by atoms with E-state index in [1.807, 2.05) is 6.07 Å². The topological polar surface area (TPSA) is 90.7 Å². The van der Waals surface area contributed by atoms with Gasteiger partial charge in [-0.05, 0) is 49.2 Å². The highest BCUT2D eigenvalue weighted by Crippen LogP contribution is 2.29. The van der Waals surface area contributed by atoms with E-state index in [9.17, 15) is 27.6 Å². The number of benzene rings is 2. The highest BCUT2D eigenvalue weighted by atomic mass is 19.4. The number of rotatable bonds is 7. The molecule has 0 radical (unpaired) electrons. The third-order valence-corrected chi connectivity index (χ3v) is 5.73. The van der Waals surface area contributed by atoms with Gasteiger partial charge in [0.1, 0.15) is 0 Å². The first-order valence-corrected chi connectivity index (χ1v) is 11.1. The number of piperidine rings is 1. The summed E-state index contributed by atoms with van der Waals surface area (Å²) < 4.78 is 43.4. The zero-order valence-electron chi connectivity index (χ0n) is 18.8. The zero-order chi connectivity index (χ0) is 25.4. The lowest BCUT2D eigenvalue weighted by Crippen LogP contribution is -2.41. The van der Waals surface area contributed by atoms with Crippen molar-refractivity contribution < 1.29 is 32.3 Å². The predicted octanol–water partition coefficient (Wildman–Crippen LogP) is 4.05. The minimum absolute atomic E-state index is 0.125. The lowest BCUT2D eigenvalue weighted by Gasteiger charge is -2.31. The molecule has 1 heterocycles. The highest BCUT2D eigenvalue weighted by Gasteiger charge is 2.32. The van der Waals surface area contributed by atoms with Crippen molar-refractivity contribution in [2.75, 3.05) is 31.1 Å². The summed E-state index contributed by atoms with van der Waals surface area (Å²) in [6.07, 6.45) is -3.72. The minimum Gasteiger partial charge on any atom is -0.455 e. The number of alkyl halides is 3. The van der Waals surface area contributed by atoms with Crippen LogP contribution in [0.5, 0.6) is 0 Å². The number of esters is 1. The van der Waals surface area contributed by atoms with E-state index in [1.54, 1.807) is 30.3 Å². The van der Waals surface area contributed by atoms with E-state index in [1.165, 1.54) is 9.80 Å². The van der Waals surface area contributed by atoms with Gasteiger partial charge in [0, 0.05) is 30.9 Å². The van der Waals surface area contributed by atoms with Gasteiger partial charge in [0.15, 0.2) is 6.61 Å².